The third kappa shape index (κ3) is 1.99. The molecular formula is C12H16N4. The van der Waals surface area contributed by atoms with Gasteiger partial charge in [0.15, 0.2) is 11.5 Å². The summed E-state index contributed by atoms with van der Waals surface area (Å²) in [4.78, 5) is 2.26. The highest BCUT2D eigenvalue weighted by Gasteiger charge is 2.28. The molecule has 1 aromatic rings. The molecule has 2 unspecified atom stereocenters. The quantitative estimate of drug-likeness (QED) is 0.756. The first-order valence-electron chi connectivity index (χ1n) is 5.73. The van der Waals surface area contributed by atoms with Crippen LogP contribution in [0, 0.1) is 23.2 Å². The summed E-state index contributed by atoms with van der Waals surface area (Å²) in [5.74, 6) is 2.35. The van der Waals surface area contributed by atoms with Crippen LogP contribution in [0.2, 0.25) is 0 Å². The van der Waals surface area contributed by atoms with Gasteiger partial charge in [-0.05, 0) is 24.0 Å². The summed E-state index contributed by atoms with van der Waals surface area (Å²) in [7, 11) is 0. The smallest absolute Gasteiger partial charge is 0.163 e. The van der Waals surface area contributed by atoms with Gasteiger partial charge in [0.05, 0.1) is 0 Å². The molecule has 4 heteroatoms. The van der Waals surface area contributed by atoms with Gasteiger partial charge in [-0.15, -0.1) is 10.2 Å². The van der Waals surface area contributed by atoms with Gasteiger partial charge in [-0.2, -0.15) is 5.26 Å². The Hall–Kier alpha value is -1.63. The Morgan fingerprint density at radius 3 is 2.75 bits per heavy atom. The molecule has 2 heterocycles. The van der Waals surface area contributed by atoms with Crippen molar-refractivity contribution >= 4 is 5.82 Å². The third-order valence-corrected chi connectivity index (χ3v) is 3.38. The fraction of sp³-hybridized carbons (Fsp3) is 0.583. The van der Waals surface area contributed by atoms with E-state index in [1.807, 2.05) is 12.1 Å². The molecule has 16 heavy (non-hydrogen) atoms. The van der Waals surface area contributed by atoms with E-state index >= 15 is 0 Å². The van der Waals surface area contributed by atoms with Crippen molar-refractivity contribution in [2.75, 3.05) is 18.0 Å². The summed E-state index contributed by atoms with van der Waals surface area (Å²) >= 11 is 0. The van der Waals surface area contributed by atoms with E-state index in [0.717, 1.165) is 24.8 Å². The lowest BCUT2D eigenvalue weighted by Crippen LogP contribution is -2.21. The molecule has 0 radical (unpaired) electrons. The summed E-state index contributed by atoms with van der Waals surface area (Å²) < 4.78 is 0. The monoisotopic (exact) mass is 216 g/mol. The fourth-order valence-electron chi connectivity index (χ4n) is 2.31. The van der Waals surface area contributed by atoms with Crippen LogP contribution in [0.25, 0.3) is 0 Å². The average Bonchev–Trinajstić information content (AvgIpc) is 2.71. The van der Waals surface area contributed by atoms with Crippen molar-refractivity contribution < 1.29 is 0 Å². The van der Waals surface area contributed by atoms with Crippen molar-refractivity contribution in [1.82, 2.24) is 10.2 Å². The van der Waals surface area contributed by atoms with Gasteiger partial charge in [0.1, 0.15) is 6.07 Å². The van der Waals surface area contributed by atoms with Gasteiger partial charge in [0, 0.05) is 13.1 Å². The van der Waals surface area contributed by atoms with Crippen molar-refractivity contribution in [3.05, 3.63) is 17.8 Å². The molecule has 1 aliphatic heterocycles. The molecule has 84 valence electrons. The number of hydrogen-bond donors (Lipinski definition) is 0. The molecule has 0 aliphatic carbocycles. The Morgan fingerprint density at radius 2 is 2.25 bits per heavy atom. The number of hydrogen-bond acceptors (Lipinski definition) is 4. The van der Waals surface area contributed by atoms with Gasteiger partial charge in [0.2, 0.25) is 0 Å². The molecule has 0 saturated carbocycles. The van der Waals surface area contributed by atoms with Crippen molar-refractivity contribution in [2.45, 2.75) is 20.3 Å². The second kappa shape index (κ2) is 4.48. The molecule has 4 nitrogen and oxygen atoms in total. The maximum absolute atomic E-state index is 8.65. The number of nitrogens with zero attached hydrogens (tertiary/aromatic N) is 4. The Bertz CT molecular complexity index is 392. The Labute approximate surface area is 95.9 Å². The van der Waals surface area contributed by atoms with E-state index < -0.39 is 0 Å². The van der Waals surface area contributed by atoms with Gasteiger partial charge in [-0.25, -0.2) is 0 Å². The summed E-state index contributed by atoms with van der Waals surface area (Å²) in [6.45, 7) is 6.61. The average molecular weight is 216 g/mol. The molecule has 0 spiro atoms. The van der Waals surface area contributed by atoms with Crippen molar-refractivity contribution in [3.8, 4) is 6.07 Å². The Balaban J connectivity index is 2.11. The highest BCUT2D eigenvalue weighted by molar-refractivity contribution is 5.40. The van der Waals surface area contributed by atoms with Gasteiger partial charge in [-0.1, -0.05) is 20.3 Å². The largest absolute Gasteiger partial charge is 0.355 e. The lowest BCUT2D eigenvalue weighted by atomic mass is 9.96. The first kappa shape index (κ1) is 10.9. The highest BCUT2D eigenvalue weighted by Crippen LogP contribution is 2.28. The summed E-state index contributed by atoms with van der Waals surface area (Å²) in [6.07, 6.45) is 1.21. The van der Waals surface area contributed by atoms with Crippen LogP contribution < -0.4 is 4.90 Å². The van der Waals surface area contributed by atoms with E-state index in [-0.39, 0.29) is 0 Å². The Morgan fingerprint density at radius 1 is 1.44 bits per heavy atom. The second-order valence-corrected chi connectivity index (χ2v) is 4.44. The van der Waals surface area contributed by atoms with Crippen molar-refractivity contribution in [2.24, 2.45) is 11.8 Å². The van der Waals surface area contributed by atoms with Gasteiger partial charge >= 0.3 is 0 Å². The van der Waals surface area contributed by atoms with E-state index in [4.69, 9.17) is 5.26 Å². The summed E-state index contributed by atoms with van der Waals surface area (Å²) in [6, 6.07) is 5.60. The first-order valence-corrected chi connectivity index (χ1v) is 5.73. The standard InChI is InChI=1S/C12H16N4/c1-3-10-8-16(7-9(10)2)12-5-4-11(6-13)14-15-12/h4-5,9-10H,3,7-8H2,1-2H3. The molecule has 0 N–H and O–H groups in total. The second-order valence-electron chi connectivity index (χ2n) is 4.44. The number of nitriles is 1. The van der Waals surface area contributed by atoms with Gasteiger partial charge < -0.3 is 4.90 Å². The molecule has 1 saturated heterocycles. The first-order chi connectivity index (χ1) is 7.74. The minimum absolute atomic E-state index is 0.378. The molecule has 0 aromatic carbocycles. The van der Waals surface area contributed by atoms with Crippen LogP contribution >= 0.6 is 0 Å². The zero-order valence-corrected chi connectivity index (χ0v) is 9.72. The van der Waals surface area contributed by atoms with Gasteiger partial charge in [0.25, 0.3) is 0 Å². The van der Waals surface area contributed by atoms with Gasteiger partial charge in [-0.3, -0.25) is 0 Å². The maximum Gasteiger partial charge on any atom is 0.163 e. The van der Waals surface area contributed by atoms with Crippen LogP contribution in [0.4, 0.5) is 5.82 Å². The van der Waals surface area contributed by atoms with E-state index in [1.54, 1.807) is 6.07 Å². The fourth-order valence-corrected chi connectivity index (χ4v) is 2.31. The van der Waals surface area contributed by atoms with Crippen LogP contribution in [0.1, 0.15) is 26.0 Å². The molecule has 2 atom stereocenters. The van der Waals surface area contributed by atoms with Crippen LogP contribution in [-0.2, 0) is 0 Å². The molecule has 1 aromatic heterocycles. The molecule has 0 amide bonds. The number of aromatic nitrogens is 2. The molecule has 2 rings (SSSR count). The SMILES string of the molecule is CCC1CN(c2ccc(C#N)nn2)CC1C. The minimum Gasteiger partial charge on any atom is -0.355 e. The van der Waals surface area contributed by atoms with E-state index in [9.17, 15) is 0 Å². The van der Waals surface area contributed by atoms with Crippen LogP contribution in [0.5, 0.6) is 0 Å². The highest BCUT2D eigenvalue weighted by atomic mass is 15.3. The predicted octanol–water partition coefficient (Wildman–Crippen LogP) is 1.83. The number of rotatable bonds is 2. The number of anilines is 1. The van der Waals surface area contributed by atoms with Crippen molar-refractivity contribution in [3.63, 3.8) is 0 Å². The predicted molar refractivity (Wildman–Crippen MR) is 61.9 cm³/mol. The molecule has 1 aliphatic rings. The summed E-state index contributed by atoms with van der Waals surface area (Å²) in [5.41, 5.74) is 0.378. The summed E-state index contributed by atoms with van der Waals surface area (Å²) in [5, 5.41) is 16.6. The van der Waals surface area contributed by atoms with Crippen LogP contribution in [0.3, 0.4) is 0 Å². The van der Waals surface area contributed by atoms with Crippen LogP contribution in [0.15, 0.2) is 12.1 Å². The van der Waals surface area contributed by atoms with E-state index in [1.165, 1.54) is 6.42 Å². The topological polar surface area (TPSA) is 52.8 Å². The Kier molecular flexibility index (Phi) is 3.04. The lowest BCUT2D eigenvalue weighted by Gasteiger charge is -2.15. The van der Waals surface area contributed by atoms with E-state index in [0.29, 0.717) is 11.6 Å². The third-order valence-electron chi connectivity index (χ3n) is 3.38. The molecule has 0 bridgehead atoms. The van der Waals surface area contributed by atoms with Crippen molar-refractivity contribution in [1.29, 1.82) is 5.26 Å². The normalized spacial score (nSPS) is 24.4. The molecule has 1 fully saturated rings. The lowest BCUT2D eigenvalue weighted by molar-refractivity contribution is 0.440. The maximum atomic E-state index is 8.65. The zero-order valence-electron chi connectivity index (χ0n) is 9.72. The van der Waals surface area contributed by atoms with E-state index in [2.05, 4.69) is 28.9 Å². The minimum atomic E-state index is 0.378. The molecular weight excluding hydrogens is 200 g/mol. The van der Waals surface area contributed by atoms with Crippen LogP contribution in [-0.4, -0.2) is 23.3 Å². The zero-order chi connectivity index (χ0) is 11.5.